The number of halogens is 1. The van der Waals surface area contributed by atoms with Gasteiger partial charge in [0.25, 0.3) is 0 Å². The Morgan fingerprint density at radius 2 is 1.92 bits per heavy atom. The molecule has 0 saturated carbocycles. The summed E-state index contributed by atoms with van der Waals surface area (Å²) in [5, 5.41) is 3.77. The quantitative estimate of drug-likeness (QED) is 0.743. The van der Waals surface area contributed by atoms with E-state index in [9.17, 15) is 4.79 Å². The average Bonchev–Trinajstić information content (AvgIpc) is 3.11. The summed E-state index contributed by atoms with van der Waals surface area (Å²) in [5.41, 5.74) is 1.16. The normalized spacial score (nSPS) is 12.3. The maximum atomic E-state index is 12.1. The van der Waals surface area contributed by atoms with Crippen LogP contribution in [-0.4, -0.2) is 30.4 Å². The number of rotatable bonds is 9. The summed E-state index contributed by atoms with van der Waals surface area (Å²) in [4.78, 5) is 14.5. The third-order valence-electron chi connectivity index (χ3n) is 4.18. The fraction of sp³-hybridized carbons (Fsp3) is 0.421. The van der Waals surface area contributed by atoms with Gasteiger partial charge in [0.2, 0.25) is 5.91 Å². The zero-order chi connectivity index (χ0) is 17.4. The molecule has 130 valence electrons. The Labute approximate surface area is 148 Å². The molecule has 1 heterocycles. The summed E-state index contributed by atoms with van der Waals surface area (Å²) in [6, 6.07) is 11.7. The van der Waals surface area contributed by atoms with E-state index >= 15 is 0 Å². The van der Waals surface area contributed by atoms with E-state index in [2.05, 4.69) is 24.1 Å². The maximum absolute atomic E-state index is 12.1. The molecule has 0 fully saturated rings. The van der Waals surface area contributed by atoms with E-state index in [0.29, 0.717) is 19.4 Å². The molecular weight excluding hydrogens is 324 g/mol. The van der Waals surface area contributed by atoms with Crippen LogP contribution in [0.2, 0.25) is 5.02 Å². The summed E-state index contributed by atoms with van der Waals surface area (Å²) in [6.07, 6.45) is 2.68. The lowest BCUT2D eigenvalue weighted by Gasteiger charge is -2.30. The third kappa shape index (κ3) is 5.39. The predicted molar refractivity (Wildman–Crippen MR) is 97.2 cm³/mol. The second-order valence-corrected chi connectivity index (χ2v) is 6.11. The van der Waals surface area contributed by atoms with Crippen molar-refractivity contribution in [3.63, 3.8) is 0 Å². The van der Waals surface area contributed by atoms with Gasteiger partial charge in [0.1, 0.15) is 5.76 Å². The third-order valence-corrected chi connectivity index (χ3v) is 4.43. The van der Waals surface area contributed by atoms with Crippen molar-refractivity contribution in [2.45, 2.75) is 32.7 Å². The van der Waals surface area contributed by atoms with Gasteiger partial charge in [0, 0.05) is 24.4 Å². The van der Waals surface area contributed by atoms with Crippen molar-refractivity contribution in [2.75, 3.05) is 19.6 Å². The van der Waals surface area contributed by atoms with E-state index in [1.807, 2.05) is 36.4 Å². The molecular formula is C19H25ClN2O2. The number of likely N-dealkylation sites (N-methyl/N-ethyl adjacent to an activating group) is 1. The van der Waals surface area contributed by atoms with Crippen molar-refractivity contribution in [1.82, 2.24) is 10.2 Å². The van der Waals surface area contributed by atoms with Crippen LogP contribution in [0.5, 0.6) is 0 Å². The van der Waals surface area contributed by atoms with Crippen molar-refractivity contribution in [2.24, 2.45) is 0 Å². The molecule has 1 atom stereocenters. The minimum absolute atomic E-state index is 0.0394. The van der Waals surface area contributed by atoms with Crippen molar-refractivity contribution < 1.29 is 9.21 Å². The highest BCUT2D eigenvalue weighted by atomic mass is 35.5. The molecule has 1 unspecified atom stereocenters. The van der Waals surface area contributed by atoms with E-state index in [-0.39, 0.29) is 11.9 Å². The summed E-state index contributed by atoms with van der Waals surface area (Å²) in [7, 11) is 0. The van der Waals surface area contributed by atoms with Crippen LogP contribution in [0.15, 0.2) is 47.1 Å². The molecule has 1 aromatic heterocycles. The van der Waals surface area contributed by atoms with Gasteiger partial charge >= 0.3 is 0 Å². The van der Waals surface area contributed by atoms with E-state index in [4.69, 9.17) is 16.0 Å². The Balaban J connectivity index is 1.94. The van der Waals surface area contributed by atoms with E-state index in [0.717, 1.165) is 29.4 Å². The van der Waals surface area contributed by atoms with Gasteiger partial charge in [-0.2, -0.15) is 0 Å². The van der Waals surface area contributed by atoms with Gasteiger partial charge in [-0.1, -0.05) is 37.6 Å². The van der Waals surface area contributed by atoms with E-state index in [1.54, 1.807) is 6.26 Å². The van der Waals surface area contributed by atoms with Gasteiger partial charge < -0.3 is 9.73 Å². The zero-order valence-corrected chi connectivity index (χ0v) is 15.1. The molecule has 2 aromatic rings. The van der Waals surface area contributed by atoms with Crippen LogP contribution in [0.3, 0.4) is 0 Å². The largest absolute Gasteiger partial charge is 0.469 e. The number of nitrogens with one attached hydrogen (secondary N) is 1. The number of carbonyl (C=O) groups excluding carboxylic acids is 1. The Hall–Kier alpha value is -1.78. The number of furan rings is 1. The first-order valence-corrected chi connectivity index (χ1v) is 8.80. The van der Waals surface area contributed by atoms with Crippen molar-refractivity contribution >= 4 is 17.5 Å². The van der Waals surface area contributed by atoms with Gasteiger partial charge in [-0.3, -0.25) is 9.69 Å². The second-order valence-electron chi connectivity index (χ2n) is 5.67. The zero-order valence-electron chi connectivity index (χ0n) is 14.3. The molecule has 0 aliphatic heterocycles. The first kappa shape index (κ1) is 18.6. The topological polar surface area (TPSA) is 45.5 Å². The van der Waals surface area contributed by atoms with Crippen LogP contribution in [0.1, 0.15) is 37.6 Å². The fourth-order valence-electron chi connectivity index (χ4n) is 2.80. The minimum atomic E-state index is 0.0394. The Bertz CT molecular complexity index is 607. The van der Waals surface area contributed by atoms with Gasteiger partial charge in [0.05, 0.1) is 12.3 Å². The number of benzene rings is 1. The molecule has 0 bridgehead atoms. The first-order chi connectivity index (χ1) is 11.6. The smallest absolute Gasteiger partial charge is 0.220 e. The molecule has 0 aliphatic rings. The first-order valence-electron chi connectivity index (χ1n) is 8.42. The maximum Gasteiger partial charge on any atom is 0.220 e. The lowest BCUT2D eigenvalue weighted by Crippen LogP contribution is -2.38. The standard InChI is InChI=1S/C19H25ClN2O2/c1-3-22(4-2)18(15-7-9-16(20)10-8-15)14-21-19(23)12-11-17-6-5-13-24-17/h5-10,13,18H,3-4,11-12,14H2,1-2H3,(H,21,23). The van der Waals surface area contributed by atoms with Crippen molar-refractivity contribution in [1.29, 1.82) is 0 Å². The van der Waals surface area contributed by atoms with Crippen LogP contribution in [0.25, 0.3) is 0 Å². The lowest BCUT2D eigenvalue weighted by molar-refractivity contribution is -0.121. The number of amides is 1. The van der Waals surface area contributed by atoms with E-state index < -0.39 is 0 Å². The summed E-state index contributed by atoms with van der Waals surface area (Å²) < 4.78 is 5.26. The van der Waals surface area contributed by atoms with Crippen LogP contribution in [-0.2, 0) is 11.2 Å². The summed E-state index contributed by atoms with van der Waals surface area (Å²) >= 11 is 5.99. The van der Waals surface area contributed by atoms with Gasteiger partial charge in [0.15, 0.2) is 0 Å². The SMILES string of the molecule is CCN(CC)C(CNC(=O)CCc1ccco1)c1ccc(Cl)cc1. The number of hydrogen-bond donors (Lipinski definition) is 1. The van der Waals surface area contributed by atoms with Crippen LogP contribution >= 0.6 is 11.6 Å². The highest BCUT2D eigenvalue weighted by Crippen LogP contribution is 2.22. The molecule has 0 saturated heterocycles. The molecule has 0 aliphatic carbocycles. The second kappa shape index (κ2) is 9.50. The van der Waals surface area contributed by atoms with Gasteiger partial charge in [-0.05, 0) is 42.9 Å². The Morgan fingerprint density at radius 1 is 1.21 bits per heavy atom. The molecule has 4 nitrogen and oxygen atoms in total. The van der Waals surface area contributed by atoms with Crippen LogP contribution in [0, 0.1) is 0 Å². The lowest BCUT2D eigenvalue weighted by atomic mass is 10.0. The van der Waals surface area contributed by atoms with Gasteiger partial charge in [-0.15, -0.1) is 0 Å². The van der Waals surface area contributed by atoms with Gasteiger partial charge in [-0.25, -0.2) is 0 Å². The Morgan fingerprint density at radius 3 is 2.50 bits per heavy atom. The summed E-state index contributed by atoms with van der Waals surface area (Å²) in [6.45, 7) is 6.69. The number of hydrogen-bond acceptors (Lipinski definition) is 3. The molecule has 24 heavy (non-hydrogen) atoms. The van der Waals surface area contributed by atoms with Crippen molar-refractivity contribution in [3.05, 3.63) is 59.0 Å². The van der Waals surface area contributed by atoms with E-state index in [1.165, 1.54) is 0 Å². The number of nitrogens with zero attached hydrogens (tertiary/aromatic N) is 1. The predicted octanol–water partition coefficient (Wildman–Crippen LogP) is 4.06. The molecule has 1 aromatic carbocycles. The minimum Gasteiger partial charge on any atom is -0.469 e. The molecule has 5 heteroatoms. The molecule has 2 rings (SSSR count). The highest BCUT2D eigenvalue weighted by molar-refractivity contribution is 6.30. The molecule has 1 N–H and O–H groups in total. The molecule has 0 radical (unpaired) electrons. The van der Waals surface area contributed by atoms with Crippen molar-refractivity contribution in [3.8, 4) is 0 Å². The molecule has 1 amide bonds. The fourth-order valence-corrected chi connectivity index (χ4v) is 2.92. The average molecular weight is 349 g/mol. The number of aryl methyl sites for hydroxylation is 1. The molecule has 0 spiro atoms. The monoisotopic (exact) mass is 348 g/mol. The summed E-state index contributed by atoms with van der Waals surface area (Å²) in [5.74, 6) is 0.876. The Kier molecular flexibility index (Phi) is 7.35. The van der Waals surface area contributed by atoms with Crippen LogP contribution < -0.4 is 5.32 Å². The number of carbonyl (C=O) groups is 1. The highest BCUT2D eigenvalue weighted by Gasteiger charge is 2.18. The van der Waals surface area contributed by atoms with Crippen LogP contribution in [0.4, 0.5) is 0 Å².